The third-order valence-electron chi connectivity index (χ3n) is 7.54. The van der Waals surface area contributed by atoms with Gasteiger partial charge in [0.15, 0.2) is 11.9 Å². The highest BCUT2D eigenvalue weighted by molar-refractivity contribution is 6.10. The zero-order chi connectivity index (χ0) is 28.4. The zero-order valence-corrected chi connectivity index (χ0v) is 23.7. The first-order chi connectivity index (χ1) is 19.1. The lowest BCUT2D eigenvalue weighted by atomic mass is 9.91. The van der Waals surface area contributed by atoms with E-state index in [4.69, 9.17) is 14.6 Å². The van der Waals surface area contributed by atoms with E-state index in [1.807, 2.05) is 39.0 Å². The summed E-state index contributed by atoms with van der Waals surface area (Å²) in [6.07, 6.45) is 7.14. The van der Waals surface area contributed by atoms with E-state index in [1.54, 1.807) is 12.1 Å². The number of methoxy groups -OCH3 is 1. The lowest BCUT2D eigenvalue weighted by Crippen LogP contribution is -2.49. The summed E-state index contributed by atoms with van der Waals surface area (Å²) in [5.74, 6) is 1.13. The fraction of sp³-hybridized carbons (Fsp3) is 0.586. The van der Waals surface area contributed by atoms with E-state index >= 15 is 0 Å². The molecule has 216 valence electrons. The summed E-state index contributed by atoms with van der Waals surface area (Å²) in [5, 5.41) is 22.7. The van der Waals surface area contributed by atoms with E-state index in [0.717, 1.165) is 55.5 Å². The number of fused-ring (bicyclic) bond motifs is 1. The topological polar surface area (TPSA) is 128 Å². The number of carbonyl (C=O) groups excluding carboxylic acids is 1. The summed E-state index contributed by atoms with van der Waals surface area (Å²) in [4.78, 5) is 31.2. The van der Waals surface area contributed by atoms with Gasteiger partial charge in [0.25, 0.3) is 0 Å². The SMILES string of the molecule is COc1ccc(CN(C2=CC(NC3CCC(NC(=O)OC(C)(C)C)CC3)=NN3C2=NCC3C(=O)O)C2CC2)cc1. The minimum atomic E-state index is -0.940. The van der Waals surface area contributed by atoms with Crippen LogP contribution < -0.4 is 15.4 Å². The smallest absolute Gasteiger partial charge is 0.407 e. The van der Waals surface area contributed by atoms with Crippen LogP contribution in [0.2, 0.25) is 0 Å². The van der Waals surface area contributed by atoms with Crippen LogP contribution in [0.1, 0.15) is 64.9 Å². The average molecular weight is 553 g/mol. The fourth-order valence-electron chi connectivity index (χ4n) is 5.38. The van der Waals surface area contributed by atoms with Crippen molar-refractivity contribution in [2.45, 2.75) is 95.6 Å². The number of rotatable bonds is 8. The molecular formula is C29H40N6O5. The predicted octanol–water partition coefficient (Wildman–Crippen LogP) is 3.46. The van der Waals surface area contributed by atoms with E-state index < -0.39 is 17.6 Å². The maximum absolute atomic E-state index is 12.2. The van der Waals surface area contributed by atoms with Gasteiger partial charge in [-0.1, -0.05) is 12.1 Å². The molecule has 4 aliphatic rings. The van der Waals surface area contributed by atoms with Crippen LogP contribution in [0.15, 0.2) is 46.1 Å². The Hall–Kier alpha value is -3.76. The van der Waals surface area contributed by atoms with Crippen molar-refractivity contribution in [1.29, 1.82) is 0 Å². The molecule has 0 saturated heterocycles. The molecule has 3 N–H and O–H groups in total. The molecule has 2 heterocycles. The van der Waals surface area contributed by atoms with Gasteiger partial charge in [-0.3, -0.25) is 4.99 Å². The molecule has 2 aliphatic carbocycles. The van der Waals surface area contributed by atoms with Crippen LogP contribution in [0, 0.1) is 0 Å². The van der Waals surface area contributed by atoms with Gasteiger partial charge in [0.05, 0.1) is 19.4 Å². The molecule has 1 atom stereocenters. The summed E-state index contributed by atoms with van der Waals surface area (Å²) in [5.41, 5.74) is 1.51. The highest BCUT2D eigenvalue weighted by Crippen LogP contribution is 2.35. The molecule has 2 aliphatic heterocycles. The van der Waals surface area contributed by atoms with Crippen molar-refractivity contribution in [3.63, 3.8) is 0 Å². The van der Waals surface area contributed by atoms with Crippen LogP contribution in [0.4, 0.5) is 4.79 Å². The molecule has 5 rings (SSSR count). The largest absolute Gasteiger partial charge is 0.497 e. The van der Waals surface area contributed by atoms with Crippen LogP contribution in [0.25, 0.3) is 0 Å². The molecule has 0 radical (unpaired) electrons. The summed E-state index contributed by atoms with van der Waals surface area (Å²) in [7, 11) is 1.65. The Bertz CT molecular complexity index is 1190. The highest BCUT2D eigenvalue weighted by Gasteiger charge is 2.42. The maximum Gasteiger partial charge on any atom is 0.407 e. The number of carboxylic acid groups (broad SMARTS) is 1. The van der Waals surface area contributed by atoms with Crippen LogP contribution >= 0.6 is 0 Å². The maximum atomic E-state index is 12.2. The van der Waals surface area contributed by atoms with Gasteiger partial charge in [0, 0.05) is 30.7 Å². The molecule has 1 aromatic rings. The summed E-state index contributed by atoms with van der Waals surface area (Å²) in [6.45, 7) is 6.41. The van der Waals surface area contributed by atoms with Crippen molar-refractivity contribution in [1.82, 2.24) is 20.5 Å². The van der Waals surface area contributed by atoms with Gasteiger partial charge in [0.2, 0.25) is 0 Å². The minimum absolute atomic E-state index is 0.0656. The molecule has 1 unspecified atom stereocenters. The van der Waals surface area contributed by atoms with Crippen molar-refractivity contribution in [3.05, 3.63) is 41.6 Å². The number of amidine groups is 2. The van der Waals surface area contributed by atoms with E-state index in [9.17, 15) is 14.7 Å². The molecule has 0 spiro atoms. The number of aliphatic carboxylic acids is 1. The summed E-state index contributed by atoms with van der Waals surface area (Å²) < 4.78 is 10.7. The molecule has 40 heavy (non-hydrogen) atoms. The number of carboxylic acids is 1. The third-order valence-corrected chi connectivity index (χ3v) is 7.54. The average Bonchev–Trinajstić information content (AvgIpc) is 3.65. The van der Waals surface area contributed by atoms with Crippen molar-refractivity contribution in [2.24, 2.45) is 10.1 Å². The molecule has 0 aromatic heterocycles. The molecular weight excluding hydrogens is 512 g/mol. The number of nitrogens with one attached hydrogen (secondary N) is 2. The Labute approximate surface area is 235 Å². The highest BCUT2D eigenvalue weighted by atomic mass is 16.6. The van der Waals surface area contributed by atoms with Gasteiger partial charge in [-0.15, -0.1) is 0 Å². The van der Waals surface area contributed by atoms with Gasteiger partial charge in [-0.25, -0.2) is 14.6 Å². The summed E-state index contributed by atoms with van der Waals surface area (Å²) >= 11 is 0. The first kappa shape index (κ1) is 27.8. The third kappa shape index (κ3) is 6.68. The Morgan fingerprint density at radius 2 is 1.75 bits per heavy atom. The van der Waals surface area contributed by atoms with E-state index in [1.165, 1.54) is 0 Å². The number of hydrogen-bond acceptors (Lipinski definition) is 9. The molecule has 11 nitrogen and oxygen atoms in total. The van der Waals surface area contributed by atoms with E-state index in [-0.39, 0.29) is 24.7 Å². The Kier molecular flexibility index (Phi) is 7.91. The standard InChI is InChI=1S/C29H40N6O5/c1-29(2,3)40-28(38)32-20-9-7-19(8-10-20)31-25-15-23(26-30-16-24(27(36)37)35(26)33-25)34(21-11-12-21)17-18-5-13-22(39-4)14-6-18/h5-6,13-15,19-21,24H,7-12,16-17H2,1-4H3,(H,31,33)(H,32,38)(H,36,37). The van der Waals surface area contributed by atoms with Crippen LogP contribution in [-0.4, -0.2) is 82.2 Å². The second-order valence-corrected chi connectivity index (χ2v) is 11.9. The Morgan fingerprint density at radius 3 is 2.35 bits per heavy atom. The number of carbonyl (C=O) groups is 2. The summed E-state index contributed by atoms with van der Waals surface area (Å²) in [6, 6.07) is 7.80. The van der Waals surface area contributed by atoms with Gasteiger partial charge >= 0.3 is 12.1 Å². The lowest BCUT2D eigenvalue weighted by molar-refractivity contribution is -0.141. The number of alkyl carbamates (subject to hydrolysis) is 1. The molecule has 0 bridgehead atoms. The Balaban J connectivity index is 1.30. The zero-order valence-electron chi connectivity index (χ0n) is 23.7. The van der Waals surface area contributed by atoms with Crippen molar-refractivity contribution in [3.8, 4) is 5.75 Å². The van der Waals surface area contributed by atoms with Crippen molar-refractivity contribution in [2.75, 3.05) is 13.7 Å². The number of nitrogens with zero attached hydrogens (tertiary/aromatic N) is 4. The van der Waals surface area contributed by atoms with Gasteiger partial charge in [0.1, 0.15) is 17.2 Å². The van der Waals surface area contributed by atoms with Gasteiger partial charge in [-0.2, -0.15) is 5.10 Å². The first-order valence-corrected chi connectivity index (χ1v) is 14.1. The Morgan fingerprint density at radius 1 is 1.07 bits per heavy atom. The molecule has 1 amide bonds. The number of benzene rings is 1. The van der Waals surface area contributed by atoms with E-state index in [2.05, 4.69) is 32.7 Å². The van der Waals surface area contributed by atoms with Crippen LogP contribution in [-0.2, 0) is 16.1 Å². The van der Waals surface area contributed by atoms with Crippen LogP contribution in [0.5, 0.6) is 5.75 Å². The van der Waals surface area contributed by atoms with Crippen molar-refractivity contribution >= 4 is 23.7 Å². The predicted molar refractivity (Wildman–Crippen MR) is 151 cm³/mol. The van der Waals surface area contributed by atoms with E-state index in [0.29, 0.717) is 24.3 Å². The first-order valence-electron chi connectivity index (χ1n) is 14.1. The van der Waals surface area contributed by atoms with Crippen LogP contribution in [0.3, 0.4) is 0 Å². The van der Waals surface area contributed by atoms with Gasteiger partial charge < -0.3 is 30.1 Å². The normalized spacial score (nSPS) is 24.2. The number of amides is 1. The van der Waals surface area contributed by atoms with Gasteiger partial charge in [-0.05, 0) is 77.0 Å². The number of hydrogen-bond donors (Lipinski definition) is 3. The molecule has 11 heteroatoms. The fourth-order valence-corrected chi connectivity index (χ4v) is 5.38. The number of ether oxygens (including phenoxy) is 2. The molecule has 1 aromatic carbocycles. The monoisotopic (exact) mass is 552 g/mol. The molecule has 2 fully saturated rings. The lowest BCUT2D eigenvalue weighted by Gasteiger charge is -2.35. The quantitative estimate of drug-likeness (QED) is 0.447. The second kappa shape index (κ2) is 11.4. The van der Waals surface area contributed by atoms with Crippen molar-refractivity contribution < 1.29 is 24.2 Å². The minimum Gasteiger partial charge on any atom is -0.497 e. The molecule has 2 saturated carbocycles. The number of hydrazone groups is 1. The number of aliphatic imine (C=N–C) groups is 1. The second-order valence-electron chi connectivity index (χ2n) is 11.9.